The van der Waals surface area contributed by atoms with Gasteiger partial charge in [0.05, 0.1) is 0 Å². The Kier molecular flexibility index (Phi) is 5.57. The number of hydrogen-bond acceptors (Lipinski definition) is 4. The van der Waals surface area contributed by atoms with Crippen molar-refractivity contribution in [2.45, 2.75) is 31.8 Å². The molecular formula is C13H23N3O2S2. The monoisotopic (exact) mass is 317 g/mol. The molecule has 0 spiro atoms. The summed E-state index contributed by atoms with van der Waals surface area (Å²) in [6.45, 7) is 1.87. The summed E-state index contributed by atoms with van der Waals surface area (Å²) < 4.78 is 28.5. The van der Waals surface area contributed by atoms with Crippen LogP contribution in [-0.4, -0.2) is 50.3 Å². The first-order valence-corrected chi connectivity index (χ1v) is 9.28. The molecule has 7 heteroatoms. The topological polar surface area (TPSA) is 52.7 Å². The summed E-state index contributed by atoms with van der Waals surface area (Å²) in [4.78, 5) is 0. The molecule has 5 nitrogen and oxygen atoms in total. The Hall–Kier alpha value is -0.470. The molecule has 0 bridgehead atoms. The molecule has 0 amide bonds. The highest BCUT2D eigenvalue weighted by molar-refractivity contribution is 7.86. The van der Waals surface area contributed by atoms with Gasteiger partial charge < -0.3 is 5.32 Å². The van der Waals surface area contributed by atoms with Crippen molar-refractivity contribution in [2.75, 3.05) is 27.2 Å². The Morgan fingerprint density at radius 3 is 2.75 bits per heavy atom. The number of rotatable bonds is 9. The molecule has 1 heterocycles. The second-order valence-corrected chi connectivity index (χ2v) is 7.96. The predicted molar refractivity (Wildman–Crippen MR) is 83.0 cm³/mol. The lowest BCUT2D eigenvalue weighted by Gasteiger charge is -2.27. The number of thiophene rings is 1. The molecule has 0 saturated heterocycles. The third-order valence-corrected chi connectivity index (χ3v) is 6.18. The van der Waals surface area contributed by atoms with Crippen molar-refractivity contribution in [3.63, 3.8) is 0 Å². The van der Waals surface area contributed by atoms with Crippen molar-refractivity contribution < 1.29 is 8.42 Å². The Morgan fingerprint density at radius 2 is 2.20 bits per heavy atom. The van der Waals surface area contributed by atoms with Crippen LogP contribution in [0.2, 0.25) is 0 Å². The van der Waals surface area contributed by atoms with Gasteiger partial charge >= 0.3 is 0 Å². The largest absolute Gasteiger partial charge is 0.320 e. The van der Waals surface area contributed by atoms with E-state index in [2.05, 4.69) is 5.32 Å². The summed E-state index contributed by atoms with van der Waals surface area (Å²) in [7, 11) is 0.200. The average molecular weight is 317 g/mol. The first kappa shape index (κ1) is 15.9. The summed E-state index contributed by atoms with van der Waals surface area (Å²) in [5, 5.41) is 7.05. The number of hydrogen-bond donors (Lipinski definition) is 1. The first-order valence-electron chi connectivity index (χ1n) is 6.94. The average Bonchev–Trinajstić information content (AvgIpc) is 3.12. The summed E-state index contributed by atoms with van der Waals surface area (Å²) in [5.74, 6) is 0. The molecule has 2 rings (SSSR count). The van der Waals surface area contributed by atoms with E-state index in [1.54, 1.807) is 22.7 Å². The molecule has 1 saturated carbocycles. The van der Waals surface area contributed by atoms with Gasteiger partial charge in [0.1, 0.15) is 0 Å². The van der Waals surface area contributed by atoms with Crippen molar-refractivity contribution in [3.05, 3.63) is 22.4 Å². The maximum atomic E-state index is 12.7. The zero-order valence-electron chi connectivity index (χ0n) is 12.1. The van der Waals surface area contributed by atoms with Crippen LogP contribution in [0.3, 0.4) is 0 Å². The summed E-state index contributed by atoms with van der Waals surface area (Å²) in [6.07, 6.45) is 2.78. The SMILES string of the molecule is CNCCCN(C)S(=O)(=O)N(Cc1ccsc1)C1CC1. The van der Waals surface area contributed by atoms with Crippen LogP contribution < -0.4 is 5.32 Å². The fraction of sp³-hybridized carbons (Fsp3) is 0.692. The van der Waals surface area contributed by atoms with Crippen LogP contribution in [0.4, 0.5) is 0 Å². The zero-order valence-corrected chi connectivity index (χ0v) is 13.7. The van der Waals surface area contributed by atoms with Crippen LogP contribution in [0.15, 0.2) is 16.8 Å². The molecule has 0 radical (unpaired) electrons. The smallest absolute Gasteiger partial charge is 0.282 e. The molecule has 1 N–H and O–H groups in total. The van der Waals surface area contributed by atoms with Crippen LogP contribution >= 0.6 is 11.3 Å². The maximum Gasteiger partial charge on any atom is 0.282 e. The molecule has 1 aromatic heterocycles. The van der Waals surface area contributed by atoms with Crippen LogP contribution in [0, 0.1) is 0 Å². The van der Waals surface area contributed by atoms with Gasteiger partial charge in [-0.2, -0.15) is 28.4 Å². The molecule has 20 heavy (non-hydrogen) atoms. The Bertz CT molecular complexity index is 498. The van der Waals surface area contributed by atoms with Crippen LogP contribution in [0.1, 0.15) is 24.8 Å². The molecule has 0 aromatic carbocycles. The van der Waals surface area contributed by atoms with Gasteiger partial charge in [-0.3, -0.25) is 0 Å². The molecule has 1 aromatic rings. The minimum absolute atomic E-state index is 0.187. The Labute approximate surface area is 125 Å². The van der Waals surface area contributed by atoms with Gasteiger partial charge in [-0.15, -0.1) is 0 Å². The second kappa shape index (κ2) is 7.00. The minimum atomic E-state index is -3.35. The molecule has 1 aliphatic carbocycles. The highest BCUT2D eigenvalue weighted by atomic mass is 32.2. The lowest BCUT2D eigenvalue weighted by atomic mass is 10.3. The first-order chi connectivity index (χ1) is 9.55. The third-order valence-electron chi connectivity index (χ3n) is 3.46. The van der Waals surface area contributed by atoms with E-state index in [9.17, 15) is 8.42 Å². The van der Waals surface area contributed by atoms with E-state index in [4.69, 9.17) is 0 Å². The molecule has 114 valence electrons. The normalized spacial score (nSPS) is 16.2. The van der Waals surface area contributed by atoms with E-state index >= 15 is 0 Å². The zero-order chi connectivity index (χ0) is 14.6. The lowest BCUT2D eigenvalue weighted by molar-refractivity contribution is 0.346. The maximum absolute atomic E-state index is 12.7. The molecule has 0 atom stereocenters. The number of nitrogens with one attached hydrogen (secondary N) is 1. The molecule has 1 aliphatic rings. The lowest BCUT2D eigenvalue weighted by Crippen LogP contribution is -2.43. The minimum Gasteiger partial charge on any atom is -0.320 e. The summed E-state index contributed by atoms with van der Waals surface area (Å²) in [6, 6.07) is 2.18. The summed E-state index contributed by atoms with van der Waals surface area (Å²) in [5.41, 5.74) is 1.08. The molecule has 0 aliphatic heterocycles. The fourth-order valence-corrected chi connectivity index (χ4v) is 4.37. The van der Waals surface area contributed by atoms with E-state index in [0.29, 0.717) is 13.1 Å². The molecular weight excluding hydrogens is 294 g/mol. The molecule has 0 unspecified atom stereocenters. The van der Waals surface area contributed by atoms with E-state index in [1.165, 1.54) is 4.31 Å². The van der Waals surface area contributed by atoms with E-state index in [-0.39, 0.29) is 6.04 Å². The third kappa shape index (κ3) is 4.02. The van der Waals surface area contributed by atoms with Crippen molar-refractivity contribution in [3.8, 4) is 0 Å². The van der Waals surface area contributed by atoms with Crippen LogP contribution in [-0.2, 0) is 16.8 Å². The Balaban J connectivity index is 2.03. The van der Waals surface area contributed by atoms with Crippen molar-refractivity contribution >= 4 is 21.5 Å². The van der Waals surface area contributed by atoms with Gasteiger partial charge in [0, 0.05) is 26.2 Å². The van der Waals surface area contributed by atoms with Crippen LogP contribution in [0.25, 0.3) is 0 Å². The van der Waals surface area contributed by atoms with Gasteiger partial charge in [-0.05, 0) is 55.2 Å². The highest BCUT2D eigenvalue weighted by Crippen LogP contribution is 2.32. The van der Waals surface area contributed by atoms with Gasteiger partial charge in [0.15, 0.2) is 0 Å². The standard InChI is InChI=1S/C13H23N3O2S2/c1-14-7-3-8-15(2)20(17,18)16(13-4-5-13)10-12-6-9-19-11-12/h6,9,11,13-14H,3-5,7-8,10H2,1-2H3. The predicted octanol–water partition coefficient (Wildman–Crippen LogP) is 1.50. The van der Waals surface area contributed by atoms with E-state index in [0.717, 1.165) is 31.4 Å². The van der Waals surface area contributed by atoms with E-state index in [1.807, 2.05) is 23.9 Å². The van der Waals surface area contributed by atoms with Gasteiger partial charge in [-0.25, -0.2) is 0 Å². The molecule has 1 fully saturated rings. The quantitative estimate of drug-likeness (QED) is 0.702. The van der Waals surface area contributed by atoms with Gasteiger partial charge in [-0.1, -0.05) is 0 Å². The Morgan fingerprint density at radius 1 is 1.45 bits per heavy atom. The summed E-state index contributed by atoms with van der Waals surface area (Å²) >= 11 is 1.61. The van der Waals surface area contributed by atoms with Crippen molar-refractivity contribution in [2.24, 2.45) is 0 Å². The van der Waals surface area contributed by atoms with Crippen LogP contribution in [0.5, 0.6) is 0 Å². The van der Waals surface area contributed by atoms with Crippen molar-refractivity contribution in [1.29, 1.82) is 0 Å². The second-order valence-electron chi connectivity index (χ2n) is 5.19. The van der Waals surface area contributed by atoms with E-state index < -0.39 is 10.2 Å². The number of nitrogens with zero attached hydrogens (tertiary/aromatic N) is 2. The fourth-order valence-electron chi connectivity index (χ4n) is 2.10. The van der Waals surface area contributed by atoms with Gasteiger partial charge in [0.25, 0.3) is 10.2 Å². The highest BCUT2D eigenvalue weighted by Gasteiger charge is 2.39. The van der Waals surface area contributed by atoms with Gasteiger partial charge in [0.2, 0.25) is 0 Å². The van der Waals surface area contributed by atoms with Crippen molar-refractivity contribution in [1.82, 2.24) is 13.9 Å².